The van der Waals surface area contributed by atoms with Crippen LogP contribution in [-0.2, 0) is 0 Å². The lowest BCUT2D eigenvalue weighted by molar-refractivity contribution is 0.460. The molecule has 6 heteroatoms. The minimum Gasteiger partial charge on any atom is -0.324 e. The van der Waals surface area contributed by atoms with Gasteiger partial charge in [-0.05, 0) is 68.5 Å². The Morgan fingerprint density at radius 2 is 1.88 bits per heavy atom. The van der Waals surface area contributed by atoms with Gasteiger partial charge in [-0.25, -0.2) is 4.98 Å². The Labute approximate surface area is 194 Å². The largest absolute Gasteiger partial charge is 0.324 e. The van der Waals surface area contributed by atoms with Gasteiger partial charge in [-0.15, -0.1) is 0 Å². The standard InChI is InChI=1S/C27H31N5O/c1-2-3-6-21-17-22-18-29-27(31-25(22)32(26(21)33)24-7-4-5-8-24)30-23-11-9-19(10-12-23)20-13-15-28-16-14-20/h9-12,17-18,20,24,28H,2,4-5,7-8,13-16H2,1H3,(H,29,30,31). The number of hydrogen-bond donors (Lipinski definition) is 2. The summed E-state index contributed by atoms with van der Waals surface area (Å²) in [6.07, 6.45) is 9.18. The Balaban J connectivity index is 1.47. The highest BCUT2D eigenvalue weighted by Gasteiger charge is 2.22. The van der Waals surface area contributed by atoms with Crippen LogP contribution in [0.2, 0.25) is 0 Å². The summed E-state index contributed by atoms with van der Waals surface area (Å²) in [5.74, 6) is 7.22. The predicted molar refractivity (Wildman–Crippen MR) is 133 cm³/mol. The molecule has 2 aromatic heterocycles. The van der Waals surface area contributed by atoms with Crippen molar-refractivity contribution < 1.29 is 0 Å². The molecule has 0 spiro atoms. The van der Waals surface area contributed by atoms with Gasteiger partial charge in [0.05, 0.1) is 5.56 Å². The highest BCUT2D eigenvalue weighted by molar-refractivity contribution is 5.77. The van der Waals surface area contributed by atoms with Crippen molar-refractivity contribution in [3.8, 4) is 11.8 Å². The number of pyridine rings is 1. The molecule has 1 aliphatic carbocycles. The Morgan fingerprint density at radius 3 is 2.61 bits per heavy atom. The van der Waals surface area contributed by atoms with E-state index in [-0.39, 0.29) is 11.6 Å². The van der Waals surface area contributed by atoms with Crippen molar-refractivity contribution in [2.75, 3.05) is 18.4 Å². The summed E-state index contributed by atoms with van der Waals surface area (Å²) in [4.78, 5) is 22.6. The molecule has 2 N–H and O–H groups in total. The molecule has 5 rings (SSSR count). The smallest absolute Gasteiger partial charge is 0.268 e. The van der Waals surface area contributed by atoms with Crippen LogP contribution in [-0.4, -0.2) is 27.6 Å². The van der Waals surface area contributed by atoms with E-state index >= 15 is 0 Å². The van der Waals surface area contributed by atoms with E-state index in [0.717, 1.165) is 56.3 Å². The van der Waals surface area contributed by atoms with Gasteiger partial charge in [-0.1, -0.05) is 43.7 Å². The first kappa shape index (κ1) is 21.7. The van der Waals surface area contributed by atoms with Crippen LogP contribution in [0.15, 0.2) is 41.3 Å². The maximum absolute atomic E-state index is 13.3. The number of anilines is 2. The lowest BCUT2D eigenvalue weighted by Gasteiger charge is -2.23. The minimum absolute atomic E-state index is 0.0358. The number of rotatable bonds is 4. The minimum atomic E-state index is -0.0358. The number of fused-ring (bicyclic) bond motifs is 1. The Morgan fingerprint density at radius 1 is 1.12 bits per heavy atom. The first-order chi connectivity index (χ1) is 16.2. The van der Waals surface area contributed by atoms with Gasteiger partial charge < -0.3 is 10.6 Å². The molecule has 2 aliphatic rings. The normalized spacial score (nSPS) is 17.1. The highest BCUT2D eigenvalue weighted by atomic mass is 16.1. The summed E-state index contributed by atoms with van der Waals surface area (Å²) in [6.45, 7) is 4.16. The van der Waals surface area contributed by atoms with E-state index in [1.165, 1.54) is 18.4 Å². The van der Waals surface area contributed by atoms with E-state index < -0.39 is 0 Å². The first-order valence-corrected chi connectivity index (χ1v) is 12.2. The summed E-state index contributed by atoms with van der Waals surface area (Å²) in [6, 6.07) is 10.6. The molecule has 170 valence electrons. The molecule has 0 radical (unpaired) electrons. The number of hydrogen-bond acceptors (Lipinski definition) is 5. The number of nitrogens with one attached hydrogen (secondary N) is 2. The van der Waals surface area contributed by atoms with Crippen LogP contribution in [0.3, 0.4) is 0 Å². The van der Waals surface area contributed by atoms with Crippen molar-refractivity contribution in [2.45, 2.75) is 63.8 Å². The van der Waals surface area contributed by atoms with E-state index in [9.17, 15) is 4.79 Å². The molecule has 1 saturated carbocycles. The maximum Gasteiger partial charge on any atom is 0.268 e. The van der Waals surface area contributed by atoms with Crippen molar-refractivity contribution in [2.24, 2.45) is 0 Å². The molecule has 3 aromatic rings. The molecule has 1 saturated heterocycles. The molecule has 2 fully saturated rings. The van der Waals surface area contributed by atoms with Crippen LogP contribution < -0.4 is 16.2 Å². The highest BCUT2D eigenvalue weighted by Crippen LogP contribution is 2.31. The monoisotopic (exact) mass is 441 g/mol. The van der Waals surface area contributed by atoms with Crippen molar-refractivity contribution in [1.82, 2.24) is 19.9 Å². The van der Waals surface area contributed by atoms with E-state index in [0.29, 0.717) is 23.1 Å². The predicted octanol–water partition coefficient (Wildman–Crippen LogP) is 4.88. The van der Waals surface area contributed by atoms with E-state index in [1.54, 1.807) is 6.20 Å². The molecular weight excluding hydrogens is 410 g/mol. The van der Waals surface area contributed by atoms with Gasteiger partial charge in [-0.3, -0.25) is 9.36 Å². The third-order valence-corrected chi connectivity index (χ3v) is 6.84. The SMILES string of the molecule is CCC#Cc1cc2cnc(Nc3ccc(C4CCNCC4)cc3)nc2n(C2CCCC2)c1=O. The maximum atomic E-state index is 13.3. The summed E-state index contributed by atoms with van der Waals surface area (Å²) in [5.41, 5.74) is 3.53. The molecule has 0 bridgehead atoms. The zero-order valence-corrected chi connectivity index (χ0v) is 19.2. The van der Waals surface area contributed by atoms with E-state index in [1.807, 2.05) is 17.6 Å². The molecular formula is C27H31N5O. The molecule has 33 heavy (non-hydrogen) atoms. The van der Waals surface area contributed by atoms with E-state index in [2.05, 4.69) is 51.7 Å². The van der Waals surface area contributed by atoms with Crippen molar-refractivity contribution >= 4 is 22.7 Å². The molecule has 1 aliphatic heterocycles. The van der Waals surface area contributed by atoms with Gasteiger partial charge >= 0.3 is 0 Å². The topological polar surface area (TPSA) is 71.8 Å². The van der Waals surface area contributed by atoms with Crippen LogP contribution in [0.5, 0.6) is 0 Å². The van der Waals surface area contributed by atoms with Crippen LogP contribution in [0.4, 0.5) is 11.6 Å². The fourth-order valence-electron chi connectivity index (χ4n) is 5.08. The fourth-order valence-corrected chi connectivity index (χ4v) is 5.08. The lowest BCUT2D eigenvalue weighted by Crippen LogP contribution is -2.27. The molecule has 0 atom stereocenters. The van der Waals surface area contributed by atoms with Gasteiger partial charge in [0.25, 0.3) is 5.56 Å². The fraction of sp³-hybridized carbons (Fsp3) is 0.444. The van der Waals surface area contributed by atoms with Gasteiger partial charge in [0.1, 0.15) is 5.65 Å². The Kier molecular flexibility index (Phi) is 6.41. The van der Waals surface area contributed by atoms with Crippen molar-refractivity contribution in [3.63, 3.8) is 0 Å². The average Bonchev–Trinajstić information content (AvgIpc) is 3.38. The van der Waals surface area contributed by atoms with Crippen LogP contribution in [0.25, 0.3) is 11.0 Å². The first-order valence-electron chi connectivity index (χ1n) is 12.2. The van der Waals surface area contributed by atoms with E-state index in [4.69, 9.17) is 4.98 Å². The summed E-state index contributed by atoms with van der Waals surface area (Å²) in [5, 5.41) is 7.61. The summed E-state index contributed by atoms with van der Waals surface area (Å²) in [7, 11) is 0. The summed E-state index contributed by atoms with van der Waals surface area (Å²) >= 11 is 0. The van der Waals surface area contributed by atoms with Gasteiger partial charge in [0.15, 0.2) is 0 Å². The third kappa shape index (κ3) is 4.65. The van der Waals surface area contributed by atoms with Gasteiger partial charge in [-0.2, -0.15) is 4.98 Å². The number of piperidine rings is 1. The van der Waals surface area contributed by atoms with Gasteiger partial charge in [0.2, 0.25) is 5.95 Å². The molecule has 3 heterocycles. The molecule has 0 amide bonds. The van der Waals surface area contributed by atoms with Gasteiger partial charge in [0, 0.05) is 29.7 Å². The average molecular weight is 442 g/mol. The van der Waals surface area contributed by atoms with Crippen molar-refractivity contribution in [3.05, 3.63) is 58.0 Å². The molecule has 6 nitrogen and oxygen atoms in total. The number of benzene rings is 1. The third-order valence-electron chi connectivity index (χ3n) is 6.84. The Bertz CT molecular complexity index is 1240. The van der Waals surface area contributed by atoms with Crippen LogP contribution in [0.1, 0.15) is 75.0 Å². The zero-order valence-electron chi connectivity index (χ0n) is 19.2. The number of aromatic nitrogens is 3. The second-order valence-corrected chi connectivity index (χ2v) is 9.07. The zero-order chi connectivity index (χ0) is 22.6. The van der Waals surface area contributed by atoms with Crippen LogP contribution in [0, 0.1) is 11.8 Å². The van der Waals surface area contributed by atoms with Crippen LogP contribution >= 0.6 is 0 Å². The second-order valence-electron chi connectivity index (χ2n) is 9.07. The van der Waals surface area contributed by atoms with Crippen molar-refractivity contribution in [1.29, 1.82) is 0 Å². The quantitative estimate of drug-likeness (QED) is 0.565. The second kappa shape index (κ2) is 9.76. The molecule has 1 aromatic carbocycles. The Hall–Kier alpha value is -3.17. The lowest BCUT2D eigenvalue weighted by atomic mass is 9.90. The summed E-state index contributed by atoms with van der Waals surface area (Å²) < 4.78 is 1.87. The number of nitrogens with zero attached hydrogens (tertiary/aromatic N) is 3. The molecule has 0 unspecified atom stereocenters.